The average molecular weight is 231 g/mol. The van der Waals surface area contributed by atoms with Gasteiger partial charge in [0.25, 0.3) is 5.69 Å². The highest BCUT2D eigenvalue weighted by Gasteiger charge is 2.16. The van der Waals surface area contributed by atoms with Crippen molar-refractivity contribution in [2.24, 2.45) is 0 Å². The molecule has 7 heteroatoms. The lowest BCUT2D eigenvalue weighted by molar-refractivity contribution is -0.384. The highest BCUT2D eigenvalue weighted by Crippen LogP contribution is 2.32. The van der Waals surface area contributed by atoms with E-state index in [1.165, 1.54) is 12.1 Å². The van der Waals surface area contributed by atoms with Crippen LogP contribution in [0.3, 0.4) is 0 Å². The number of benzene rings is 1. The first-order valence-corrected chi connectivity index (χ1v) is 4.75. The maximum absolute atomic E-state index is 11.0. The summed E-state index contributed by atoms with van der Waals surface area (Å²) in [7, 11) is 0. The van der Waals surface area contributed by atoms with Crippen LogP contribution in [-0.4, -0.2) is 9.91 Å². The van der Waals surface area contributed by atoms with Gasteiger partial charge < -0.3 is 4.98 Å². The van der Waals surface area contributed by atoms with E-state index in [9.17, 15) is 14.9 Å². The molecule has 0 aliphatic rings. The quantitative estimate of drug-likeness (QED) is 0.602. The second-order valence-electron chi connectivity index (χ2n) is 2.55. The Hall–Kier alpha value is -1.40. The van der Waals surface area contributed by atoms with Crippen molar-refractivity contribution in [1.29, 1.82) is 0 Å². The number of H-pyrrole nitrogens is 1. The van der Waals surface area contributed by atoms with Gasteiger partial charge in [0.1, 0.15) is 5.02 Å². The molecule has 0 amide bonds. The fourth-order valence-corrected chi connectivity index (χ4v) is 2.23. The van der Waals surface area contributed by atoms with Crippen LogP contribution >= 0.6 is 22.9 Å². The molecule has 72 valence electrons. The summed E-state index contributed by atoms with van der Waals surface area (Å²) in [6.45, 7) is 0. The van der Waals surface area contributed by atoms with Gasteiger partial charge in [-0.2, -0.15) is 0 Å². The fourth-order valence-electron chi connectivity index (χ4n) is 1.11. The molecule has 0 atom stereocenters. The molecule has 0 saturated carbocycles. The van der Waals surface area contributed by atoms with Crippen LogP contribution in [0.1, 0.15) is 0 Å². The van der Waals surface area contributed by atoms with E-state index in [2.05, 4.69) is 4.98 Å². The van der Waals surface area contributed by atoms with E-state index < -0.39 is 4.92 Å². The molecule has 0 bridgehead atoms. The van der Waals surface area contributed by atoms with Gasteiger partial charge in [0.2, 0.25) is 0 Å². The Morgan fingerprint density at radius 1 is 1.50 bits per heavy atom. The van der Waals surface area contributed by atoms with E-state index in [0.29, 0.717) is 10.2 Å². The number of aromatic amines is 1. The number of aromatic nitrogens is 1. The Kier molecular flexibility index (Phi) is 2.01. The van der Waals surface area contributed by atoms with Crippen LogP contribution in [0.15, 0.2) is 16.9 Å². The number of rotatable bonds is 1. The summed E-state index contributed by atoms with van der Waals surface area (Å²) >= 11 is 6.62. The number of nitrogens with zero attached hydrogens (tertiary/aromatic N) is 1. The van der Waals surface area contributed by atoms with Crippen molar-refractivity contribution in [2.75, 3.05) is 0 Å². The van der Waals surface area contributed by atoms with E-state index in [0.717, 1.165) is 11.3 Å². The minimum atomic E-state index is -0.577. The van der Waals surface area contributed by atoms with Gasteiger partial charge in [0.15, 0.2) is 0 Å². The van der Waals surface area contributed by atoms with Gasteiger partial charge in [-0.05, 0) is 6.07 Å². The summed E-state index contributed by atoms with van der Waals surface area (Å²) in [6, 6.07) is 2.74. The molecule has 1 heterocycles. The molecule has 0 saturated heterocycles. The SMILES string of the molecule is O=c1[nH]c2ccc([N+](=O)[O-])c(Cl)c2s1. The summed E-state index contributed by atoms with van der Waals surface area (Å²) in [5.74, 6) is 0. The maximum atomic E-state index is 11.0. The van der Waals surface area contributed by atoms with Crippen LogP contribution < -0.4 is 4.87 Å². The zero-order valence-corrected chi connectivity index (χ0v) is 8.19. The Bertz CT molecular complexity index is 574. The Morgan fingerprint density at radius 3 is 2.86 bits per heavy atom. The van der Waals surface area contributed by atoms with Crippen LogP contribution in [0.5, 0.6) is 0 Å². The highest BCUT2D eigenvalue weighted by molar-refractivity contribution is 7.17. The first-order chi connectivity index (χ1) is 6.59. The molecule has 0 aliphatic heterocycles. The molecule has 1 N–H and O–H groups in total. The lowest BCUT2D eigenvalue weighted by Gasteiger charge is -1.94. The van der Waals surface area contributed by atoms with Gasteiger partial charge >= 0.3 is 4.87 Å². The molecule has 2 rings (SSSR count). The third-order valence-electron chi connectivity index (χ3n) is 1.70. The van der Waals surface area contributed by atoms with Crippen LogP contribution in [0.25, 0.3) is 10.2 Å². The van der Waals surface area contributed by atoms with Crippen LogP contribution in [0.2, 0.25) is 5.02 Å². The van der Waals surface area contributed by atoms with Crippen LogP contribution in [0.4, 0.5) is 5.69 Å². The predicted molar refractivity (Wildman–Crippen MR) is 54.1 cm³/mol. The molecule has 0 unspecified atom stereocenters. The molecule has 2 aromatic rings. The van der Waals surface area contributed by atoms with E-state index in [-0.39, 0.29) is 15.6 Å². The Labute approximate surface area is 86.1 Å². The van der Waals surface area contributed by atoms with Crippen molar-refractivity contribution in [3.8, 4) is 0 Å². The zero-order valence-electron chi connectivity index (χ0n) is 6.61. The van der Waals surface area contributed by atoms with Crippen molar-refractivity contribution >= 4 is 38.8 Å². The van der Waals surface area contributed by atoms with Gasteiger partial charge in [0.05, 0.1) is 15.1 Å². The smallest absolute Gasteiger partial charge is 0.305 e. The molecule has 0 fully saturated rings. The normalized spacial score (nSPS) is 10.6. The Balaban J connectivity index is 2.87. The lowest BCUT2D eigenvalue weighted by atomic mass is 10.3. The van der Waals surface area contributed by atoms with Gasteiger partial charge in [-0.15, -0.1) is 0 Å². The first-order valence-electron chi connectivity index (χ1n) is 3.55. The fraction of sp³-hybridized carbons (Fsp3) is 0. The second kappa shape index (κ2) is 3.07. The standard InChI is InChI=1S/C7H3ClN2O3S/c8-5-4(10(12)13)2-1-3-6(5)14-7(11)9-3/h1-2H,(H,9,11). The third kappa shape index (κ3) is 1.28. The summed E-state index contributed by atoms with van der Waals surface area (Å²) in [5.41, 5.74) is 0.338. The van der Waals surface area contributed by atoms with E-state index in [1.807, 2.05) is 0 Å². The molecule has 0 aliphatic carbocycles. The minimum Gasteiger partial charge on any atom is -0.312 e. The number of hydrogen-bond acceptors (Lipinski definition) is 4. The van der Waals surface area contributed by atoms with Crippen molar-refractivity contribution < 1.29 is 4.92 Å². The summed E-state index contributed by atoms with van der Waals surface area (Å²) in [4.78, 5) is 23.1. The molecule has 0 radical (unpaired) electrons. The van der Waals surface area contributed by atoms with Crippen LogP contribution in [-0.2, 0) is 0 Å². The topological polar surface area (TPSA) is 76.0 Å². The average Bonchev–Trinajstić information content (AvgIpc) is 2.46. The predicted octanol–water partition coefficient (Wildman–Crippen LogP) is 2.15. The van der Waals surface area contributed by atoms with Crippen molar-refractivity contribution in [2.45, 2.75) is 0 Å². The molecule has 14 heavy (non-hydrogen) atoms. The number of hydrogen-bond donors (Lipinski definition) is 1. The number of nitrogens with one attached hydrogen (secondary N) is 1. The molecular weight excluding hydrogens is 228 g/mol. The van der Waals surface area contributed by atoms with Gasteiger partial charge in [-0.1, -0.05) is 22.9 Å². The van der Waals surface area contributed by atoms with E-state index in [4.69, 9.17) is 11.6 Å². The number of fused-ring (bicyclic) bond motifs is 1. The maximum Gasteiger partial charge on any atom is 0.305 e. The zero-order chi connectivity index (χ0) is 10.3. The molecule has 1 aromatic heterocycles. The molecule has 1 aromatic carbocycles. The minimum absolute atomic E-state index is 0.0100. The molecular formula is C7H3ClN2O3S. The van der Waals surface area contributed by atoms with E-state index in [1.54, 1.807) is 0 Å². The van der Waals surface area contributed by atoms with Crippen molar-refractivity contribution in [3.05, 3.63) is 36.9 Å². The summed E-state index contributed by atoms with van der Waals surface area (Å²) < 4.78 is 0.422. The lowest BCUT2D eigenvalue weighted by Crippen LogP contribution is -1.90. The Morgan fingerprint density at radius 2 is 2.21 bits per heavy atom. The number of halogens is 1. The first kappa shape index (κ1) is 9.17. The third-order valence-corrected chi connectivity index (χ3v) is 3.12. The number of nitro benzene ring substituents is 1. The van der Waals surface area contributed by atoms with Gasteiger partial charge in [-0.3, -0.25) is 14.9 Å². The molecule has 5 nitrogen and oxygen atoms in total. The highest BCUT2D eigenvalue weighted by atomic mass is 35.5. The molecule has 0 spiro atoms. The largest absolute Gasteiger partial charge is 0.312 e. The van der Waals surface area contributed by atoms with E-state index >= 15 is 0 Å². The van der Waals surface area contributed by atoms with Crippen molar-refractivity contribution in [1.82, 2.24) is 4.98 Å². The van der Waals surface area contributed by atoms with Gasteiger partial charge in [-0.25, -0.2) is 0 Å². The summed E-state index contributed by atoms with van der Waals surface area (Å²) in [5, 5.41) is 10.5. The summed E-state index contributed by atoms with van der Waals surface area (Å²) in [6.07, 6.45) is 0. The second-order valence-corrected chi connectivity index (χ2v) is 3.91. The van der Waals surface area contributed by atoms with Crippen LogP contribution in [0, 0.1) is 10.1 Å². The van der Waals surface area contributed by atoms with Gasteiger partial charge in [0, 0.05) is 6.07 Å². The number of thiazole rings is 1. The monoisotopic (exact) mass is 230 g/mol. The van der Waals surface area contributed by atoms with Crippen molar-refractivity contribution in [3.63, 3.8) is 0 Å². The number of nitro groups is 1.